The zero-order valence-electron chi connectivity index (χ0n) is 17.1. The Balaban J connectivity index is 1.60. The molecule has 150 valence electrons. The number of amides is 1. The lowest BCUT2D eigenvalue weighted by Gasteiger charge is -2.41. The van der Waals surface area contributed by atoms with Gasteiger partial charge in [0.25, 0.3) is 5.91 Å². The fourth-order valence-electron chi connectivity index (χ4n) is 4.10. The highest BCUT2D eigenvalue weighted by Crippen LogP contribution is 2.32. The van der Waals surface area contributed by atoms with E-state index in [0.29, 0.717) is 17.9 Å². The number of nitrogens with one attached hydrogen (secondary N) is 1. The Bertz CT molecular complexity index is 632. The lowest BCUT2D eigenvalue weighted by atomic mass is 9.98. The number of methoxy groups -OCH3 is 1. The van der Waals surface area contributed by atoms with Gasteiger partial charge in [0.05, 0.1) is 13.2 Å². The Morgan fingerprint density at radius 1 is 1.11 bits per heavy atom. The molecule has 1 aromatic carbocycles. The monoisotopic (exact) mass is 374 g/mol. The molecule has 0 atom stereocenters. The quantitative estimate of drug-likeness (QED) is 0.783. The summed E-state index contributed by atoms with van der Waals surface area (Å²) in [4.78, 5) is 15.2. The number of piperidine rings is 1. The summed E-state index contributed by atoms with van der Waals surface area (Å²) in [5.74, 6) is 1.30. The molecule has 1 saturated heterocycles. The molecule has 1 amide bonds. The van der Waals surface area contributed by atoms with Gasteiger partial charge in [-0.15, -0.1) is 0 Å². The van der Waals surface area contributed by atoms with E-state index in [9.17, 15) is 4.79 Å². The molecule has 1 N–H and O–H groups in total. The van der Waals surface area contributed by atoms with Crippen LogP contribution in [0.3, 0.4) is 0 Å². The smallest absolute Gasteiger partial charge is 0.251 e. The van der Waals surface area contributed by atoms with E-state index in [1.165, 1.54) is 32.1 Å². The predicted molar refractivity (Wildman–Crippen MR) is 108 cm³/mol. The average molecular weight is 375 g/mol. The number of nitrogens with zero attached hydrogens (tertiary/aromatic N) is 1. The van der Waals surface area contributed by atoms with Crippen LogP contribution in [0.15, 0.2) is 18.2 Å². The summed E-state index contributed by atoms with van der Waals surface area (Å²) in [5, 5.41) is 3.10. The maximum atomic E-state index is 12.7. The number of hydrogen-bond donors (Lipinski definition) is 1. The lowest BCUT2D eigenvalue weighted by molar-refractivity contribution is 0.0797. The molecule has 1 heterocycles. The first kappa shape index (κ1) is 20.0. The van der Waals surface area contributed by atoms with Crippen molar-refractivity contribution in [2.24, 2.45) is 0 Å². The van der Waals surface area contributed by atoms with Crippen LogP contribution in [0, 0.1) is 0 Å². The summed E-state index contributed by atoms with van der Waals surface area (Å²) >= 11 is 0. The van der Waals surface area contributed by atoms with Crippen LogP contribution < -0.4 is 14.8 Å². The van der Waals surface area contributed by atoms with E-state index < -0.39 is 0 Å². The third-order valence-corrected chi connectivity index (χ3v) is 5.92. The highest BCUT2D eigenvalue weighted by Gasteiger charge is 2.28. The normalized spacial score (nSPS) is 19.1. The van der Waals surface area contributed by atoms with Crippen LogP contribution in [0.2, 0.25) is 0 Å². The third-order valence-electron chi connectivity index (χ3n) is 5.92. The second-order valence-electron chi connectivity index (χ2n) is 8.43. The van der Waals surface area contributed by atoms with Gasteiger partial charge < -0.3 is 14.8 Å². The van der Waals surface area contributed by atoms with Crippen LogP contribution in [-0.2, 0) is 0 Å². The first-order valence-corrected chi connectivity index (χ1v) is 10.4. The number of hydrogen-bond acceptors (Lipinski definition) is 4. The molecule has 1 aliphatic carbocycles. The second kappa shape index (κ2) is 8.96. The molecule has 1 saturated carbocycles. The molecule has 3 rings (SSSR count). The Morgan fingerprint density at radius 2 is 1.81 bits per heavy atom. The maximum Gasteiger partial charge on any atom is 0.251 e. The number of benzene rings is 1. The van der Waals surface area contributed by atoms with Crippen molar-refractivity contribution in [1.82, 2.24) is 10.2 Å². The Labute approximate surface area is 163 Å². The van der Waals surface area contributed by atoms with Crippen molar-refractivity contribution in [2.45, 2.75) is 70.4 Å². The van der Waals surface area contributed by atoms with Crippen LogP contribution in [0.5, 0.6) is 11.5 Å². The van der Waals surface area contributed by atoms with Crippen LogP contribution >= 0.6 is 0 Å². The first-order chi connectivity index (χ1) is 13.0. The summed E-state index contributed by atoms with van der Waals surface area (Å²) in [7, 11) is 1.62. The Hall–Kier alpha value is -1.75. The van der Waals surface area contributed by atoms with Crippen molar-refractivity contribution in [3.63, 3.8) is 0 Å². The van der Waals surface area contributed by atoms with Crippen molar-refractivity contribution in [3.05, 3.63) is 23.8 Å². The van der Waals surface area contributed by atoms with E-state index in [0.717, 1.165) is 31.7 Å². The Kier molecular flexibility index (Phi) is 6.64. The summed E-state index contributed by atoms with van der Waals surface area (Å²) in [6, 6.07) is 5.48. The van der Waals surface area contributed by atoms with E-state index in [1.807, 2.05) is 12.1 Å². The van der Waals surface area contributed by atoms with Crippen LogP contribution in [0.4, 0.5) is 0 Å². The van der Waals surface area contributed by atoms with Gasteiger partial charge in [-0.05, 0) is 83.7 Å². The molecule has 1 aliphatic heterocycles. The van der Waals surface area contributed by atoms with Crippen molar-refractivity contribution in [2.75, 3.05) is 26.7 Å². The average Bonchev–Trinajstić information content (AvgIpc) is 3.20. The molecule has 2 aliphatic rings. The van der Waals surface area contributed by atoms with Crippen LogP contribution in [0.25, 0.3) is 0 Å². The van der Waals surface area contributed by atoms with E-state index in [4.69, 9.17) is 9.47 Å². The highest BCUT2D eigenvalue weighted by molar-refractivity contribution is 5.94. The van der Waals surface area contributed by atoms with E-state index >= 15 is 0 Å². The number of carbonyl (C=O) groups excluding carboxylic acids is 1. The fraction of sp³-hybridized carbons (Fsp3) is 0.682. The lowest BCUT2D eigenvalue weighted by Crippen LogP contribution is -2.53. The van der Waals surface area contributed by atoms with Crippen LogP contribution in [-0.4, -0.2) is 49.2 Å². The van der Waals surface area contributed by atoms with Gasteiger partial charge in [0, 0.05) is 17.6 Å². The standard InChI is InChI=1S/C22H34N2O3/c1-22(2,24-13-7-4-8-14-24)16-23-21(25)17-11-12-19(20(15-17)26-3)27-18-9-5-6-10-18/h11-12,15,18H,4-10,13-14,16H2,1-3H3,(H,23,25). The van der Waals surface area contributed by atoms with Crippen molar-refractivity contribution in [1.29, 1.82) is 0 Å². The molecule has 0 spiro atoms. The minimum atomic E-state index is -0.0641. The van der Waals surface area contributed by atoms with E-state index in [2.05, 4.69) is 24.1 Å². The second-order valence-corrected chi connectivity index (χ2v) is 8.43. The van der Waals surface area contributed by atoms with Gasteiger partial charge in [-0.3, -0.25) is 9.69 Å². The number of likely N-dealkylation sites (tertiary alicyclic amines) is 1. The van der Waals surface area contributed by atoms with Crippen molar-refractivity contribution in [3.8, 4) is 11.5 Å². The van der Waals surface area contributed by atoms with Crippen molar-refractivity contribution >= 4 is 5.91 Å². The fourth-order valence-corrected chi connectivity index (χ4v) is 4.10. The van der Waals surface area contributed by atoms with Gasteiger partial charge in [-0.1, -0.05) is 6.42 Å². The molecule has 0 radical (unpaired) electrons. The summed E-state index contributed by atoms with van der Waals surface area (Å²) < 4.78 is 11.5. The number of rotatable bonds is 7. The summed E-state index contributed by atoms with van der Waals surface area (Å²) in [5.41, 5.74) is 0.575. The summed E-state index contributed by atoms with van der Waals surface area (Å²) in [6.07, 6.45) is 8.71. The van der Waals surface area contributed by atoms with Crippen LogP contribution in [0.1, 0.15) is 69.2 Å². The van der Waals surface area contributed by atoms with Gasteiger partial charge >= 0.3 is 0 Å². The molecular weight excluding hydrogens is 340 g/mol. The zero-order chi connectivity index (χ0) is 19.3. The topological polar surface area (TPSA) is 50.8 Å². The van der Waals surface area contributed by atoms with Gasteiger partial charge in [0.15, 0.2) is 11.5 Å². The van der Waals surface area contributed by atoms with E-state index in [1.54, 1.807) is 13.2 Å². The van der Waals surface area contributed by atoms with Gasteiger partial charge in [-0.2, -0.15) is 0 Å². The van der Waals surface area contributed by atoms with Gasteiger partial charge in [0.2, 0.25) is 0 Å². The van der Waals surface area contributed by atoms with Gasteiger partial charge in [0.1, 0.15) is 0 Å². The number of carbonyl (C=O) groups is 1. The molecule has 2 fully saturated rings. The molecule has 1 aromatic rings. The largest absolute Gasteiger partial charge is 0.493 e. The molecule has 5 nitrogen and oxygen atoms in total. The molecule has 5 heteroatoms. The maximum absolute atomic E-state index is 12.7. The minimum absolute atomic E-state index is 0.0360. The first-order valence-electron chi connectivity index (χ1n) is 10.4. The molecular formula is C22H34N2O3. The number of ether oxygens (including phenoxy) is 2. The van der Waals surface area contributed by atoms with Crippen molar-refractivity contribution < 1.29 is 14.3 Å². The molecule has 0 unspecified atom stereocenters. The van der Waals surface area contributed by atoms with E-state index in [-0.39, 0.29) is 17.6 Å². The molecule has 0 aromatic heterocycles. The molecule has 27 heavy (non-hydrogen) atoms. The predicted octanol–water partition coefficient (Wildman–Crippen LogP) is 4.01. The summed E-state index contributed by atoms with van der Waals surface area (Å²) in [6.45, 7) is 7.28. The Morgan fingerprint density at radius 3 is 2.48 bits per heavy atom. The zero-order valence-corrected chi connectivity index (χ0v) is 17.1. The molecule has 0 bridgehead atoms. The minimum Gasteiger partial charge on any atom is -0.493 e. The SMILES string of the molecule is COc1cc(C(=O)NCC(C)(C)N2CCCCC2)ccc1OC1CCCC1. The van der Waals surface area contributed by atoms with Gasteiger partial charge in [-0.25, -0.2) is 0 Å². The third kappa shape index (κ3) is 5.16. The highest BCUT2D eigenvalue weighted by atomic mass is 16.5.